The zero-order chi connectivity index (χ0) is 26.1. The van der Waals surface area contributed by atoms with Crippen LogP contribution in [-0.4, -0.2) is 22.6 Å². The predicted octanol–water partition coefficient (Wildman–Crippen LogP) is 5.22. The summed E-state index contributed by atoms with van der Waals surface area (Å²) in [5.41, 5.74) is -0.877. The number of hydrogen-bond acceptors (Lipinski definition) is 6. The highest BCUT2D eigenvalue weighted by atomic mass is 32.2. The topological polar surface area (TPSA) is 94.8 Å². The van der Waals surface area contributed by atoms with Gasteiger partial charge < -0.3 is 13.9 Å². The van der Waals surface area contributed by atoms with Crippen molar-refractivity contribution in [3.63, 3.8) is 0 Å². The fourth-order valence-electron chi connectivity index (χ4n) is 3.66. The molecule has 1 N–H and O–H groups in total. The average Bonchev–Trinajstić information content (AvgIpc) is 2.83. The van der Waals surface area contributed by atoms with Crippen molar-refractivity contribution in [2.24, 2.45) is 0 Å². The Morgan fingerprint density at radius 3 is 2.06 bits per heavy atom. The van der Waals surface area contributed by atoms with Crippen molar-refractivity contribution in [2.75, 3.05) is 18.9 Å². The molecule has 0 amide bonds. The molecule has 0 radical (unpaired) electrons. The molecular formula is C25H20F3NO6S. The highest BCUT2D eigenvalue weighted by molar-refractivity contribution is 7.92. The summed E-state index contributed by atoms with van der Waals surface area (Å²) in [6.45, 7) is 0. The molecule has 11 heteroatoms. The monoisotopic (exact) mass is 519 g/mol. The number of fused-ring (bicyclic) bond motifs is 1. The first-order chi connectivity index (χ1) is 17.0. The van der Waals surface area contributed by atoms with Gasteiger partial charge in [-0.05, 0) is 41.8 Å². The molecule has 0 fully saturated rings. The maximum absolute atomic E-state index is 13.4. The van der Waals surface area contributed by atoms with Crippen LogP contribution < -0.4 is 19.8 Å². The summed E-state index contributed by atoms with van der Waals surface area (Å²) in [5, 5.41) is -0.225. The largest absolute Gasteiger partial charge is 0.497 e. The number of sulfonamides is 1. The molecule has 0 bridgehead atoms. The van der Waals surface area contributed by atoms with E-state index in [0.717, 1.165) is 0 Å². The molecule has 0 spiro atoms. The molecule has 4 rings (SSSR count). The number of ether oxygens (including phenoxy) is 2. The van der Waals surface area contributed by atoms with Gasteiger partial charge in [0.05, 0.1) is 30.4 Å². The maximum atomic E-state index is 13.4. The van der Waals surface area contributed by atoms with Gasteiger partial charge in [0.25, 0.3) is 10.0 Å². The highest BCUT2D eigenvalue weighted by Gasteiger charge is 2.33. The quantitative estimate of drug-likeness (QED) is 0.337. The number of hydrogen-bond donors (Lipinski definition) is 1. The summed E-state index contributed by atoms with van der Waals surface area (Å²) in [7, 11) is -1.04. The molecule has 0 atom stereocenters. The van der Waals surface area contributed by atoms with Gasteiger partial charge in [0, 0.05) is 29.7 Å². The summed E-state index contributed by atoms with van der Waals surface area (Å²) >= 11 is 0. The Labute approximate surface area is 204 Å². The first kappa shape index (κ1) is 25.1. The zero-order valence-electron chi connectivity index (χ0n) is 19.0. The van der Waals surface area contributed by atoms with E-state index >= 15 is 0 Å². The zero-order valence-corrected chi connectivity index (χ0v) is 19.9. The summed E-state index contributed by atoms with van der Waals surface area (Å²) in [6.07, 6.45) is -4.49. The third-order valence-corrected chi connectivity index (χ3v) is 6.76. The summed E-state index contributed by atoms with van der Waals surface area (Å²) in [4.78, 5) is 11.5. The van der Waals surface area contributed by atoms with Crippen LogP contribution in [-0.2, 0) is 22.6 Å². The normalized spacial score (nSPS) is 11.9. The second kappa shape index (κ2) is 9.57. The van der Waals surface area contributed by atoms with Crippen LogP contribution in [0.25, 0.3) is 11.0 Å². The molecule has 0 saturated carbocycles. The van der Waals surface area contributed by atoms with Gasteiger partial charge in [-0.15, -0.1) is 0 Å². The Kier molecular flexibility index (Phi) is 6.68. The Morgan fingerprint density at radius 2 is 1.47 bits per heavy atom. The van der Waals surface area contributed by atoms with Gasteiger partial charge in [-0.2, -0.15) is 13.2 Å². The third-order valence-electron chi connectivity index (χ3n) is 5.36. The maximum Gasteiger partial charge on any atom is 0.417 e. The molecule has 3 aromatic carbocycles. The van der Waals surface area contributed by atoms with Crippen molar-refractivity contribution in [3.05, 3.63) is 93.8 Å². The summed E-state index contributed by atoms with van der Waals surface area (Å²) in [5.74, 6) is 0.816. The van der Waals surface area contributed by atoms with Crippen molar-refractivity contribution in [1.29, 1.82) is 0 Å². The van der Waals surface area contributed by atoms with Crippen LogP contribution in [0.15, 0.2) is 80.8 Å². The first-order valence-corrected chi connectivity index (χ1v) is 12.0. The van der Waals surface area contributed by atoms with Crippen molar-refractivity contribution in [2.45, 2.75) is 17.5 Å². The Balaban J connectivity index is 1.58. The van der Waals surface area contributed by atoms with Gasteiger partial charge in [0.15, 0.2) is 0 Å². The molecule has 0 unspecified atom stereocenters. The van der Waals surface area contributed by atoms with Crippen molar-refractivity contribution >= 4 is 26.7 Å². The lowest BCUT2D eigenvalue weighted by Gasteiger charge is -2.12. The van der Waals surface area contributed by atoms with Gasteiger partial charge >= 0.3 is 11.8 Å². The molecule has 0 aliphatic carbocycles. The number of rotatable bonds is 7. The number of methoxy groups -OCH3 is 2. The molecule has 36 heavy (non-hydrogen) atoms. The van der Waals surface area contributed by atoms with Gasteiger partial charge in [0.1, 0.15) is 17.1 Å². The molecule has 1 aromatic heterocycles. The average molecular weight is 519 g/mol. The standard InChI is InChI=1S/C25H20F3NO6S/c1-33-18-11-17(12-19(13-18)34-2)29-36(31,32)20-6-3-15(4-7-20)9-16-5-8-23-21(10-16)22(25(26,27)28)14-24(30)35-23/h3-8,10-14,29H,9H2,1-2H3. The van der Waals surface area contributed by atoms with Crippen LogP contribution >= 0.6 is 0 Å². The van der Waals surface area contributed by atoms with E-state index in [2.05, 4.69) is 4.72 Å². The lowest BCUT2D eigenvalue weighted by atomic mass is 10.0. The van der Waals surface area contributed by atoms with E-state index < -0.39 is 27.4 Å². The van der Waals surface area contributed by atoms with Crippen LogP contribution in [0.3, 0.4) is 0 Å². The van der Waals surface area contributed by atoms with Gasteiger partial charge in [0.2, 0.25) is 0 Å². The minimum atomic E-state index is -4.72. The number of benzene rings is 3. The smallest absolute Gasteiger partial charge is 0.417 e. The number of alkyl halides is 3. The fourth-order valence-corrected chi connectivity index (χ4v) is 4.70. The second-order valence-electron chi connectivity index (χ2n) is 7.83. The van der Waals surface area contributed by atoms with E-state index in [4.69, 9.17) is 13.9 Å². The van der Waals surface area contributed by atoms with Crippen LogP contribution in [0.5, 0.6) is 11.5 Å². The van der Waals surface area contributed by atoms with Crippen molar-refractivity contribution in [3.8, 4) is 11.5 Å². The van der Waals surface area contributed by atoms with Crippen LogP contribution in [0.4, 0.5) is 18.9 Å². The number of halogens is 3. The molecule has 7 nitrogen and oxygen atoms in total. The third kappa shape index (κ3) is 5.46. The van der Waals surface area contributed by atoms with E-state index in [0.29, 0.717) is 28.7 Å². The van der Waals surface area contributed by atoms with Crippen LogP contribution in [0.2, 0.25) is 0 Å². The lowest BCUT2D eigenvalue weighted by molar-refractivity contribution is -0.136. The predicted molar refractivity (Wildman–Crippen MR) is 127 cm³/mol. The Hall–Kier alpha value is -3.99. The highest BCUT2D eigenvalue weighted by Crippen LogP contribution is 2.34. The van der Waals surface area contributed by atoms with Gasteiger partial charge in [-0.3, -0.25) is 4.72 Å². The number of anilines is 1. The molecule has 188 valence electrons. The van der Waals surface area contributed by atoms with Crippen molar-refractivity contribution in [1.82, 2.24) is 0 Å². The van der Waals surface area contributed by atoms with E-state index in [1.54, 1.807) is 24.3 Å². The fraction of sp³-hybridized carbons (Fsp3) is 0.160. The molecular weight excluding hydrogens is 499 g/mol. The molecule has 4 aromatic rings. The molecule has 0 aliphatic rings. The van der Waals surface area contributed by atoms with E-state index in [-0.39, 0.29) is 28.0 Å². The lowest BCUT2D eigenvalue weighted by Crippen LogP contribution is -2.13. The molecule has 0 aliphatic heterocycles. The van der Waals surface area contributed by atoms with E-state index in [1.807, 2.05) is 0 Å². The van der Waals surface area contributed by atoms with Crippen LogP contribution in [0.1, 0.15) is 16.7 Å². The van der Waals surface area contributed by atoms with Gasteiger partial charge in [-0.1, -0.05) is 18.2 Å². The van der Waals surface area contributed by atoms with Crippen molar-refractivity contribution < 1.29 is 35.5 Å². The van der Waals surface area contributed by atoms with E-state index in [1.165, 1.54) is 50.6 Å². The Morgan fingerprint density at radius 1 is 0.861 bits per heavy atom. The minimum absolute atomic E-state index is 0.00678. The minimum Gasteiger partial charge on any atom is -0.497 e. The Bertz CT molecular complexity index is 1560. The second-order valence-corrected chi connectivity index (χ2v) is 9.52. The first-order valence-electron chi connectivity index (χ1n) is 10.5. The van der Waals surface area contributed by atoms with E-state index in [9.17, 15) is 26.4 Å². The van der Waals surface area contributed by atoms with Crippen LogP contribution in [0, 0.1) is 0 Å². The summed E-state index contributed by atoms with van der Waals surface area (Å²) < 4.78 is 83.5. The SMILES string of the molecule is COc1cc(NS(=O)(=O)c2ccc(Cc3ccc4oc(=O)cc(C(F)(F)F)c4c3)cc2)cc(OC)c1. The summed E-state index contributed by atoms with van der Waals surface area (Å²) in [6, 6.07) is 15.1. The number of nitrogens with one attached hydrogen (secondary N) is 1. The molecule has 1 heterocycles. The molecule has 0 saturated heterocycles. The van der Waals surface area contributed by atoms with Gasteiger partial charge in [-0.25, -0.2) is 13.2 Å².